The lowest BCUT2D eigenvalue weighted by molar-refractivity contribution is 0.218. The van der Waals surface area contributed by atoms with Gasteiger partial charge >= 0.3 is 0 Å². The van der Waals surface area contributed by atoms with E-state index in [0.29, 0.717) is 42.6 Å². The highest BCUT2D eigenvalue weighted by Crippen LogP contribution is 2.57. The fourth-order valence-electron chi connectivity index (χ4n) is 4.65. The first-order chi connectivity index (χ1) is 14.3. The molecule has 3 fully saturated rings. The second-order valence-corrected chi connectivity index (χ2v) is 9.60. The van der Waals surface area contributed by atoms with E-state index in [9.17, 15) is 13.7 Å². The number of nitrogens with zero attached hydrogens (tertiary/aromatic N) is 6. The van der Waals surface area contributed by atoms with Gasteiger partial charge in [-0.3, -0.25) is 0 Å². The summed E-state index contributed by atoms with van der Waals surface area (Å²) in [7, 11) is -3.85. The molecule has 2 bridgehead atoms. The monoisotopic (exact) mass is 420 g/mol. The van der Waals surface area contributed by atoms with E-state index >= 15 is 0 Å². The molecule has 2 heterocycles. The molecule has 0 saturated heterocycles. The van der Waals surface area contributed by atoms with Gasteiger partial charge in [-0.1, -0.05) is 0 Å². The molecule has 10 nitrogen and oxygen atoms in total. The molecule has 0 atom stereocenters. The Kier molecular flexibility index (Phi) is 3.69. The summed E-state index contributed by atoms with van der Waals surface area (Å²) in [5.41, 5.74) is 6.27. The standard InChI is InChI=1S/C19H16N8O2S/c1-22-18-4-5-19(9-18,10-18)26-30(28,29)13-3-2-12(7-20)14(6-13)15-8-23-17-16(21)24-11-25-27(15)17/h2-3,6,8,11,26H,4-5,9-10H2,(H2,21,24,25). The number of aromatic nitrogens is 4. The van der Waals surface area contributed by atoms with Crippen molar-refractivity contribution in [1.29, 1.82) is 5.26 Å². The third kappa shape index (κ3) is 2.56. The summed E-state index contributed by atoms with van der Waals surface area (Å²) in [4.78, 5) is 11.8. The third-order valence-electron chi connectivity index (χ3n) is 6.02. The molecule has 3 aromatic rings. The number of imidazole rings is 1. The fraction of sp³-hybridized carbons (Fsp3) is 0.316. The SMILES string of the molecule is [C-]#[N+]C12CCC(NS(=O)(=O)c3ccc(C#N)c(-c4cnc5c(N)ncnn45)c3)(C1)C2. The number of anilines is 1. The highest BCUT2D eigenvalue weighted by atomic mass is 32.2. The van der Waals surface area contributed by atoms with Crippen LogP contribution in [0.1, 0.15) is 31.2 Å². The molecule has 1 aromatic carbocycles. The zero-order valence-corrected chi connectivity index (χ0v) is 16.5. The van der Waals surface area contributed by atoms with Crippen LogP contribution >= 0.6 is 0 Å². The van der Waals surface area contributed by atoms with Gasteiger partial charge in [0.1, 0.15) is 6.33 Å². The van der Waals surface area contributed by atoms with Crippen LogP contribution in [0.5, 0.6) is 0 Å². The second-order valence-electron chi connectivity index (χ2n) is 7.92. The molecule has 0 unspecified atom stereocenters. The molecule has 11 heteroatoms. The average molecular weight is 420 g/mol. The van der Waals surface area contributed by atoms with Crippen LogP contribution in [0.2, 0.25) is 0 Å². The summed E-state index contributed by atoms with van der Waals surface area (Å²) in [5.74, 6) is 0.175. The molecule has 0 radical (unpaired) electrons. The van der Waals surface area contributed by atoms with E-state index < -0.39 is 21.1 Å². The van der Waals surface area contributed by atoms with Gasteiger partial charge in [0.15, 0.2) is 11.5 Å². The molecule has 30 heavy (non-hydrogen) atoms. The van der Waals surface area contributed by atoms with Gasteiger partial charge in [0, 0.05) is 30.4 Å². The predicted octanol–water partition coefficient (Wildman–Crippen LogP) is 1.51. The summed E-state index contributed by atoms with van der Waals surface area (Å²) in [5, 5.41) is 13.7. The van der Waals surface area contributed by atoms with E-state index in [-0.39, 0.29) is 16.3 Å². The van der Waals surface area contributed by atoms with Crippen LogP contribution in [0.25, 0.3) is 21.7 Å². The molecule has 0 aliphatic heterocycles. The number of hydrogen-bond donors (Lipinski definition) is 2. The van der Waals surface area contributed by atoms with Crippen LogP contribution in [0.3, 0.4) is 0 Å². The number of nitrogens with two attached hydrogens (primary N) is 1. The molecule has 150 valence electrons. The van der Waals surface area contributed by atoms with Crippen molar-refractivity contribution in [3.8, 4) is 17.3 Å². The van der Waals surface area contributed by atoms with Gasteiger partial charge in [-0.05, 0) is 24.6 Å². The zero-order valence-electron chi connectivity index (χ0n) is 15.7. The van der Waals surface area contributed by atoms with E-state index in [1.54, 1.807) is 0 Å². The Hall–Kier alpha value is -3.54. The first kappa shape index (κ1) is 18.5. The van der Waals surface area contributed by atoms with Gasteiger partial charge in [-0.2, -0.15) is 10.4 Å². The van der Waals surface area contributed by atoms with Gasteiger partial charge in [-0.25, -0.2) is 34.2 Å². The molecule has 0 spiro atoms. The van der Waals surface area contributed by atoms with Crippen molar-refractivity contribution in [3.05, 3.63) is 47.7 Å². The summed E-state index contributed by atoms with van der Waals surface area (Å²) in [6.45, 7) is 7.34. The van der Waals surface area contributed by atoms with Crippen molar-refractivity contribution < 1.29 is 8.42 Å². The van der Waals surface area contributed by atoms with Crippen LogP contribution in [0, 0.1) is 17.9 Å². The number of nitriles is 1. The molecular weight excluding hydrogens is 404 g/mol. The van der Waals surface area contributed by atoms with Crippen molar-refractivity contribution in [3.63, 3.8) is 0 Å². The van der Waals surface area contributed by atoms with Gasteiger partial charge < -0.3 is 10.6 Å². The van der Waals surface area contributed by atoms with Crippen LogP contribution in [0.15, 0.2) is 35.6 Å². The fourth-order valence-corrected chi connectivity index (χ4v) is 6.11. The van der Waals surface area contributed by atoms with Gasteiger partial charge in [0.05, 0.1) is 28.4 Å². The van der Waals surface area contributed by atoms with E-state index in [2.05, 4.69) is 30.7 Å². The molecule has 3 aliphatic rings. The molecule has 0 amide bonds. The lowest BCUT2D eigenvalue weighted by Crippen LogP contribution is -2.57. The summed E-state index contributed by atoms with van der Waals surface area (Å²) in [6.07, 6.45) is 5.18. The first-order valence-electron chi connectivity index (χ1n) is 9.22. The highest BCUT2D eigenvalue weighted by Gasteiger charge is 2.67. The summed E-state index contributed by atoms with van der Waals surface area (Å²) < 4.78 is 30.5. The lowest BCUT2D eigenvalue weighted by atomic mass is 9.72. The highest BCUT2D eigenvalue weighted by molar-refractivity contribution is 7.89. The normalized spacial score (nSPS) is 24.9. The van der Waals surface area contributed by atoms with Crippen LogP contribution in [0.4, 0.5) is 5.82 Å². The number of nitrogen functional groups attached to an aromatic ring is 1. The number of rotatable bonds is 4. The van der Waals surface area contributed by atoms with Crippen molar-refractivity contribution in [1.82, 2.24) is 24.3 Å². The minimum absolute atomic E-state index is 0.0371. The Morgan fingerprint density at radius 1 is 1.30 bits per heavy atom. The second kappa shape index (κ2) is 5.98. The van der Waals surface area contributed by atoms with Crippen LogP contribution in [-0.4, -0.2) is 39.1 Å². The van der Waals surface area contributed by atoms with Gasteiger partial charge in [0.25, 0.3) is 0 Å². The van der Waals surface area contributed by atoms with Crippen LogP contribution in [-0.2, 0) is 10.0 Å². The van der Waals surface area contributed by atoms with Crippen molar-refractivity contribution in [2.45, 2.75) is 41.7 Å². The van der Waals surface area contributed by atoms with Crippen LogP contribution < -0.4 is 10.5 Å². The lowest BCUT2D eigenvalue weighted by Gasteiger charge is -2.39. The first-order valence-corrected chi connectivity index (χ1v) is 10.7. The molecule has 2 aromatic heterocycles. The number of hydrogen-bond acceptors (Lipinski definition) is 7. The molecule has 3 saturated carbocycles. The molecule has 6 rings (SSSR count). The van der Waals surface area contributed by atoms with Crippen molar-refractivity contribution in [2.75, 3.05) is 5.73 Å². The quantitative estimate of drug-likeness (QED) is 0.609. The Morgan fingerprint density at radius 2 is 2.10 bits per heavy atom. The molecular formula is C19H16N8O2S. The maximum atomic E-state index is 13.1. The van der Waals surface area contributed by atoms with Crippen molar-refractivity contribution in [2.24, 2.45) is 0 Å². The number of benzene rings is 1. The zero-order chi connectivity index (χ0) is 21.1. The van der Waals surface area contributed by atoms with Crippen molar-refractivity contribution >= 4 is 21.5 Å². The summed E-state index contributed by atoms with van der Waals surface area (Å²) >= 11 is 0. The van der Waals surface area contributed by atoms with E-state index in [1.807, 2.05) is 0 Å². The topological polar surface area (TPSA) is 143 Å². The largest absolute Gasteiger partial charge is 0.381 e. The van der Waals surface area contributed by atoms with E-state index in [0.717, 1.165) is 0 Å². The minimum atomic E-state index is -3.85. The van der Waals surface area contributed by atoms with Gasteiger partial charge in [0.2, 0.25) is 15.6 Å². The van der Waals surface area contributed by atoms with E-state index in [1.165, 1.54) is 35.2 Å². The minimum Gasteiger partial charge on any atom is -0.381 e. The molecule has 3 N–H and O–H groups in total. The smallest absolute Gasteiger partial charge is 0.241 e. The number of sulfonamides is 1. The Bertz CT molecular complexity index is 1390. The Balaban J connectivity index is 1.56. The summed E-state index contributed by atoms with van der Waals surface area (Å²) in [6, 6.07) is 6.39. The number of fused-ring (bicyclic) bond motifs is 2. The molecule has 3 aliphatic carbocycles. The Labute approximate surface area is 172 Å². The van der Waals surface area contributed by atoms with Gasteiger partial charge in [-0.15, -0.1) is 0 Å². The van der Waals surface area contributed by atoms with E-state index in [4.69, 9.17) is 12.3 Å². The Morgan fingerprint density at radius 3 is 2.80 bits per heavy atom. The number of nitrogens with one attached hydrogen (secondary N) is 1. The maximum Gasteiger partial charge on any atom is 0.241 e. The maximum absolute atomic E-state index is 13.1. The average Bonchev–Trinajstić information content (AvgIpc) is 3.39. The predicted molar refractivity (Wildman–Crippen MR) is 106 cm³/mol. The third-order valence-corrected chi connectivity index (χ3v) is 7.60.